The topological polar surface area (TPSA) is 49.3 Å². The van der Waals surface area contributed by atoms with Gasteiger partial charge in [-0.3, -0.25) is 4.79 Å². The number of Topliss-reactive ketones (excluding diaryl/α,β-unsaturated/α-hetero) is 1. The van der Waals surface area contributed by atoms with E-state index in [4.69, 9.17) is 0 Å². The molecule has 2 atom stereocenters. The van der Waals surface area contributed by atoms with Crippen LogP contribution in [0.1, 0.15) is 40.0 Å². The minimum Gasteiger partial charge on any atom is -0.392 e. The lowest BCUT2D eigenvalue weighted by Gasteiger charge is -2.18. The molecule has 15 heavy (non-hydrogen) atoms. The van der Waals surface area contributed by atoms with E-state index in [1.807, 2.05) is 7.05 Å². The summed E-state index contributed by atoms with van der Waals surface area (Å²) in [6.07, 6.45) is 2.11. The van der Waals surface area contributed by atoms with E-state index in [-0.39, 0.29) is 17.8 Å². The first-order chi connectivity index (χ1) is 6.97. The molecule has 0 rings (SSSR count). The SMILES string of the molecule is CNC[C@@H](O)CCC(CC(C)C)C(C)=O. The van der Waals surface area contributed by atoms with Gasteiger partial charge in [0.1, 0.15) is 5.78 Å². The minimum atomic E-state index is -0.330. The van der Waals surface area contributed by atoms with Crippen molar-refractivity contribution in [3.63, 3.8) is 0 Å². The highest BCUT2D eigenvalue weighted by atomic mass is 16.3. The summed E-state index contributed by atoms with van der Waals surface area (Å²) >= 11 is 0. The van der Waals surface area contributed by atoms with Crippen LogP contribution in [0.5, 0.6) is 0 Å². The molecule has 0 spiro atoms. The first-order valence-corrected chi connectivity index (χ1v) is 5.80. The van der Waals surface area contributed by atoms with Gasteiger partial charge in [0.15, 0.2) is 0 Å². The Hall–Kier alpha value is -0.410. The molecule has 3 heteroatoms. The van der Waals surface area contributed by atoms with E-state index in [1.165, 1.54) is 0 Å². The Balaban J connectivity index is 3.90. The summed E-state index contributed by atoms with van der Waals surface area (Å²) in [5.74, 6) is 0.914. The van der Waals surface area contributed by atoms with Gasteiger partial charge in [0, 0.05) is 12.5 Å². The molecule has 3 nitrogen and oxygen atoms in total. The quantitative estimate of drug-likeness (QED) is 0.646. The van der Waals surface area contributed by atoms with Crippen molar-refractivity contribution in [1.29, 1.82) is 0 Å². The fraction of sp³-hybridized carbons (Fsp3) is 0.917. The number of aliphatic hydroxyl groups is 1. The van der Waals surface area contributed by atoms with Crippen LogP contribution in [0.15, 0.2) is 0 Å². The van der Waals surface area contributed by atoms with Crippen molar-refractivity contribution in [1.82, 2.24) is 5.32 Å². The third-order valence-corrected chi connectivity index (χ3v) is 2.62. The van der Waals surface area contributed by atoms with Crippen LogP contribution in [0.3, 0.4) is 0 Å². The lowest BCUT2D eigenvalue weighted by atomic mass is 9.89. The standard InChI is InChI=1S/C12H25NO2/c1-9(2)7-11(10(3)14)5-6-12(15)8-13-4/h9,11-13,15H,5-8H2,1-4H3/t11?,12-/m0/s1. The maximum absolute atomic E-state index is 11.4. The molecule has 0 saturated carbocycles. The monoisotopic (exact) mass is 215 g/mol. The van der Waals surface area contributed by atoms with Crippen LogP contribution in [0.4, 0.5) is 0 Å². The number of hydrogen-bond acceptors (Lipinski definition) is 3. The number of ketones is 1. The molecule has 0 fully saturated rings. The summed E-state index contributed by atoms with van der Waals surface area (Å²) in [5, 5.41) is 12.5. The predicted molar refractivity (Wildman–Crippen MR) is 62.8 cm³/mol. The fourth-order valence-electron chi connectivity index (χ4n) is 1.79. The van der Waals surface area contributed by atoms with Gasteiger partial charge in [0.05, 0.1) is 6.10 Å². The van der Waals surface area contributed by atoms with Crippen LogP contribution in [0.25, 0.3) is 0 Å². The Labute approximate surface area is 93.3 Å². The molecular weight excluding hydrogens is 190 g/mol. The molecule has 2 N–H and O–H groups in total. The van der Waals surface area contributed by atoms with E-state index in [0.717, 1.165) is 12.8 Å². The van der Waals surface area contributed by atoms with Gasteiger partial charge in [0.25, 0.3) is 0 Å². The summed E-state index contributed by atoms with van der Waals surface area (Å²) in [7, 11) is 1.82. The van der Waals surface area contributed by atoms with E-state index in [1.54, 1.807) is 6.92 Å². The molecule has 0 bridgehead atoms. The molecule has 0 radical (unpaired) electrons. The highest BCUT2D eigenvalue weighted by molar-refractivity contribution is 5.78. The van der Waals surface area contributed by atoms with Gasteiger partial charge < -0.3 is 10.4 Å². The van der Waals surface area contributed by atoms with Crippen molar-refractivity contribution in [2.75, 3.05) is 13.6 Å². The van der Waals surface area contributed by atoms with Crippen LogP contribution in [-0.4, -0.2) is 30.6 Å². The number of rotatable bonds is 8. The Kier molecular flexibility index (Phi) is 7.61. The van der Waals surface area contributed by atoms with Crippen molar-refractivity contribution < 1.29 is 9.90 Å². The van der Waals surface area contributed by atoms with Gasteiger partial charge in [-0.15, -0.1) is 0 Å². The third-order valence-electron chi connectivity index (χ3n) is 2.62. The van der Waals surface area contributed by atoms with Crippen LogP contribution >= 0.6 is 0 Å². The first kappa shape index (κ1) is 14.6. The van der Waals surface area contributed by atoms with Crippen molar-refractivity contribution in [3.8, 4) is 0 Å². The number of hydrogen-bond donors (Lipinski definition) is 2. The summed E-state index contributed by atoms with van der Waals surface area (Å²) < 4.78 is 0. The minimum absolute atomic E-state index is 0.122. The molecule has 0 aromatic carbocycles. The summed E-state index contributed by atoms with van der Waals surface area (Å²) in [6, 6.07) is 0. The molecule has 0 amide bonds. The van der Waals surface area contributed by atoms with Gasteiger partial charge in [-0.1, -0.05) is 13.8 Å². The third kappa shape index (κ3) is 7.51. The zero-order chi connectivity index (χ0) is 11.8. The van der Waals surface area contributed by atoms with E-state index < -0.39 is 0 Å². The van der Waals surface area contributed by atoms with Crippen LogP contribution in [0.2, 0.25) is 0 Å². The predicted octanol–water partition coefficient (Wildman–Crippen LogP) is 1.60. The second kappa shape index (κ2) is 7.83. The average Bonchev–Trinajstić information content (AvgIpc) is 2.11. The Morgan fingerprint density at radius 1 is 1.33 bits per heavy atom. The normalized spacial score (nSPS) is 15.3. The first-order valence-electron chi connectivity index (χ1n) is 5.80. The van der Waals surface area contributed by atoms with E-state index in [2.05, 4.69) is 19.2 Å². The molecule has 0 aromatic rings. The van der Waals surface area contributed by atoms with Crippen molar-refractivity contribution >= 4 is 5.78 Å². The summed E-state index contributed by atoms with van der Waals surface area (Å²) in [4.78, 5) is 11.4. The fourth-order valence-corrected chi connectivity index (χ4v) is 1.79. The number of carbonyl (C=O) groups excluding carboxylic acids is 1. The molecule has 0 heterocycles. The second-order valence-electron chi connectivity index (χ2n) is 4.73. The molecular formula is C12H25NO2. The van der Waals surface area contributed by atoms with Crippen LogP contribution in [-0.2, 0) is 4.79 Å². The number of likely N-dealkylation sites (N-methyl/N-ethyl adjacent to an activating group) is 1. The Morgan fingerprint density at radius 3 is 2.33 bits per heavy atom. The smallest absolute Gasteiger partial charge is 0.132 e. The highest BCUT2D eigenvalue weighted by Gasteiger charge is 2.17. The molecule has 90 valence electrons. The van der Waals surface area contributed by atoms with Gasteiger partial charge in [-0.25, -0.2) is 0 Å². The Morgan fingerprint density at radius 2 is 1.93 bits per heavy atom. The van der Waals surface area contributed by atoms with Crippen molar-refractivity contribution in [2.24, 2.45) is 11.8 Å². The van der Waals surface area contributed by atoms with Crippen molar-refractivity contribution in [2.45, 2.75) is 46.1 Å². The lowest BCUT2D eigenvalue weighted by Crippen LogP contribution is -2.25. The van der Waals surface area contributed by atoms with E-state index >= 15 is 0 Å². The maximum atomic E-state index is 11.4. The molecule has 0 aliphatic carbocycles. The largest absolute Gasteiger partial charge is 0.392 e. The Bertz CT molecular complexity index is 180. The van der Waals surface area contributed by atoms with Gasteiger partial charge in [-0.2, -0.15) is 0 Å². The zero-order valence-electron chi connectivity index (χ0n) is 10.4. The van der Waals surface area contributed by atoms with Gasteiger partial charge in [-0.05, 0) is 39.2 Å². The van der Waals surface area contributed by atoms with E-state index in [0.29, 0.717) is 18.9 Å². The molecule has 0 saturated heterocycles. The van der Waals surface area contributed by atoms with Crippen LogP contribution in [0, 0.1) is 11.8 Å². The molecule has 1 unspecified atom stereocenters. The average molecular weight is 215 g/mol. The summed E-state index contributed by atoms with van der Waals surface area (Å²) in [6.45, 7) is 6.50. The highest BCUT2D eigenvalue weighted by Crippen LogP contribution is 2.19. The second-order valence-corrected chi connectivity index (χ2v) is 4.73. The number of nitrogens with one attached hydrogen (secondary N) is 1. The number of carbonyl (C=O) groups is 1. The molecule has 0 aliphatic rings. The van der Waals surface area contributed by atoms with E-state index in [9.17, 15) is 9.90 Å². The maximum Gasteiger partial charge on any atom is 0.132 e. The van der Waals surface area contributed by atoms with Gasteiger partial charge in [0.2, 0.25) is 0 Å². The lowest BCUT2D eigenvalue weighted by molar-refractivity contribution is -0.121. The summed E-state index contributed by atoms with van der Waals surface area (Å²) in [5.41, 5.74) is 0. The van der Waals surface area contributed by atoms with Crippen molar-refractivity contribution in [3.05, 3.63) is 0 Å². The molecule has 0 aromatic heterocycles. The molecule has 0 aliphatic heterocycles. The zero-order valence-corrected chi connectivity index (χ0v) is 10.4. The van der Waals surface area contributed by atoms with Crippen LogP contribution < -0.4 is 5.32 Å². The van der Waals surface area contributed by atoms with Gasteiger partial charge >= 0.3 is 0 Å². The number of aliphatic hydroxyl groups excluding tert-OH is 1.